The quantitative estimate of drug-likeness (QED) is 0.773. The third-order valence-corrected chi connectivity index (χ3v) is 4.54. The molecule has 2 fully saturated rings. The molecular weight excluding hydrogens is 184 g/mol. The lowest BCUT2D eigenvalue weighted by atomic mass is 9.69. The molecule has 0 amide bonds. The number of hydrogen-bond acceptors (Lipinski definition) is 2. The van der Waals surface area contributed by atoms with E-state index in [0.717, 1.165) is 24.3 Å². The molecule has 2 aliphatic rings. The van der Waals surface area contributed by atoms with Crippen molar-refractivity contribution >= 4 is 0 Å². The zero-order valence-electron chi connectivity index (χ0n) is 10.1. The average Bonchev–Trinajstić information content (AvgIpc) is 2.36. The Labute approximate surface area is 94.2 Å². The highest BCUT2D eigenvalue weighted by Crippen LogP contribution is 2.39. The van der Waals surface area contributed by atoms with Gasteiger partial charge in [0.05, 0.1) is 0 Å². The van der Waals surface area contributed by atoms with Crippen molar-refractivity contribution in [1.82, 2.24) is 4.90 Å². The van der Waals surface area contributed by atoms with Gasteiger partial charge in [-0.2, -0.15) is 0 Å². The van der Waals surface area contributed by atoms with Crippen molar-refractivity contribution in [3.8, 4) is 0 Å². The SMILES string of the molecule is CN1CCCCC(C(CN)C2CCC2)C1. The van der Waals surface area contributed by atoms with Crippen LogP contribution < -0.4 is 5.73 Å². The molecule has 0 radical (unpaired) electrons. The molecule has 2 atom stereocenters. The molecule has 2 heteroatoms. The normalized spacial score (nSPS) is 32.0. The van der Waals surface area contributed by atoms with Crippen LogP contribution in [0, 0.1) is 17.8 Å². The number of likely N-dealkylation sites (tertiary alicyclic amines) is 1. The lowest BCUT2D eigenvalue weighted by molar-refractivity contribution is 0.125. The summed E-state index contributed by atoms with van der Waals surface area (Å²) in [5, 5.41) is 0. The first-order valence-electron chi connectivity index (χ1n) is 6.70. The van der Waals surface area contributed by atoms with Gasteiger partial charge in [0, 0.05) is 6.54 Å². The molecule has 1 saturated carbocycles. The summed E-state index contributed by atoms with van der Waals surface area (Å²) in [5.74, 6) is 2.67. The molecule has 0 aromatic rings. The number of nitrogens with two attached hydrogens (primary N) is 1. The highest BCUT2D eigenvalue weighted by molar-refractivity contribution is 4.85. The molecule has 1 aliphatic carbocycles. The highest BCUT2D eigenvalue weighted by atomic mass is 15.1. The van der Waals surface area contributed by atoms with Crippen LogP contribution in [0.2, 0.25) is 0 Å². The summed E-state index contributed by atoms with van der Waals surface area (Å²) < 4.78 is 0. The summed E-state index contributed by atoms with van der Waals surface area (Å²) in [4.78, 5) is 2.51. The van der Waals surface area contributed by atoms with Gasteiger partial charge in [-0.15, -0.1) is 0 Å². The van der Waals surface area contributed by atoms with Gasteiger partial charge in [0.15, 0.2) is 0 Å². The van der Waals surface area contributed by atoms with Gasteiger partial charge in [-0.1, -0.05) is 25.7 Å². The monoisotopic (exact) mass is 210 g/mol. The van der Waals surface area contributed by atoms with Gasteiger partial charge in [-0.05, 0) is 50.7 Å². The highest BCUT2D eigenvalue weighted by Gasteiger charge is 2.33. The van der Waals surface area contributed by atoms with E-state index in [9.17, 15) is 0 Å². The summed E-state index contributed by atoms with van der Waals surface area (Å²) in [7, 11) is 2.27. The second kappa shape index (κ2) is 5.31. The topological polar surface area (TPSA) is 29.3 Å². The predicted octanol–water partition coefficient (Wildman–Crippen LogP) is 2.09. The van der Waals surface area contributed by atoms with Crippen LogP contribution in [0.5, 0.6) is 0 Å². The lowest BCUT2D eigenvalue weighted by Gasteiger charge is -2.38. The Balaban J connectivity index is 1.92. The maximum atomic E-state index is 5.99. The first kappa shape index (κ1) is 11.4. The lowest BCUT2D eigenvalue weighted by Crippen LogP contribution is -2.38. The van der Waals surface area contributed by atoms with Crippen LogP contribution in [0.4, 0.5) is 0 Å². The summed E-state index contributed by atoms with van der Waals surface area (Å²) in [6, 6.07) is 0. The Morgan fingerprint density at radius 2 is 1.87 bits per heavy atom. The van der Waals surface area contributed by atoms with Gasteiger partial charge in [0.1, 0.15) is 0 Å². The molecule has 1 aliphatic heterocycles. The number of hydrogen-bond donors (Lipinski definition) is 1. The molecule has 0 spiro atoms. The fraction of sp³-hybridized carbons (Fsp3) is 1.00. The third kappa shape index (κ3) is 2.73. The van der Waals surface area contributed by atoms with Crippen molar-refractivity contribution in [2.24, 2.45) is 23.5 Å². The minimum atomic E-state index is 0.819. The number of nitrogens with zero attached hydrogens (tertiary/aromatic N) is 1. The maximum absolute atomic E-state index is 5.99. The third-order valence-electron chi connectivity index (χ3n) is 4.54. The molecule has 0 aromatic carbocycles. The van der Waals surface area contributed by atoms with Gasteiger partial charge in [0.2, 0.25) is 0 Å². The van der Waals surface area contributed by atoms with Crippen LogP contribution in [0.25, 0.3) is 0 Å². The minimum absolute atomic E-state index is 0.819. The molecule has 2 nitrogen and oxygen atoms in total. The van der Waals surface area contributed by atoms with Crippen molar-refractivity contribution in [1.29, 1.82) is 0 Å². The van der Waals surface area contributed by atoms with Crippen LogP contribution in [-0.2, 0) is 0 Å². The van der Waals surface area contributed by atoms with Gasteiger partial charge in [-0.25, -0.2) is 0 Å². The Bertz CT molecular complexity index is 189. The van der Waals surface area contributed by atoms with Crippen LogP contribution >= 0.6 is 0 Å². The van der Waals surface area contributed by atoms with Crippen molar-refractivity contribution in [2.75, 3.05) is 26.7 Å². The van der Waals surface area contributed by atoms with E-state index in [0.29, 0.717) is 0 Å². The van der Waals surface area contributed by atoms with Gasteiger partial charge >= 0.3 is 0 Å². The van der Waals surface area contributed by atoms with E-state index in [4.69, 9.17) is 5.73 Å². The van der Waals surface area contributed by atoms with E-state index in [1.54, 1.807) is 0 Å². The Morgan fingerprint density at radius 1 is 1.13 bits per heavy atom. The van der Waals surface area contributed by atoms with E-state index >= 15 is 0 Å². The molecule has 88 valence electrons. The van der Waals surface area contributed by atoms with Crippen molar-refractivity contribution in [3.05, 3.63) is 0 Å². The largest absolute Gasteiger partial charge is 0.330 e. The van der Waals surface area contributed by atoms with Crippen molar-refractivity contribution in [2.45, 2.75) is 38.5 Å². The first-order valence-corrected chi connectivity index (χ1v) is 6.70. The second-order valence-electron chi connectivity index (χ2n) is 5.61. The summed E-state index contributed by atoms with van der Waals surface area (Å²) in [5.41, 5.74) is 5.99. The fourth-order valence-electron chi connectivity index (χ4n) is 3.36. The molecule has 0 bridgehead atoms. The standard InChI is InChI=1S/C13H26N2/c1-15-8-3-2-5-12(10-15)13(9-14)11-6-4-7-11/h11-13H,2-10,14H2,1H3. The van der Waals surface area contributed by atoms with Gasteiger partial charge < -0.3 is 10.6 Å². The Kier molecular flexibility index (Phi) is 4.04. The van der Waals surface area contributed by atoms with Crippen LogP contribution in [0.3, 0.4) is 0 Å². The number of rotatable bonds is 3. The molecule has 2 rings (SSSR count). The summed E-state index contributed by atoms with van der Waals surface area (Å²) >= 11 is 0. The summed E-state index contributed by atoms with van der Waals surface area (Å²) in [6.45, 7) is 3.50. The van der Waals surface area contributed by atoms with Crippen molar-refractivity contribution in [3.63, 3.8) is 0 Å². The zero-order valence-corrected chi connectivity index (χ0v) is 10.1. The van der Waals surface area contributed by atoms with E-state index in [1.165, 1.54) is 51.6 Å². The Morgan fingerprint density at radius 3 is 2.47 bits per heavy atom. The zero-order chi connectivity index (χ0) is 10.7. The average molecular weight is 210 g/mol. The maximum Gasteiger partial charge on any atom is 0.000983 e. The summed E-state index contributed by atoms with van der Waals surface area (Å²) in [6.07, 6.45) is 8.56. The Hall–Kier alpha value is -0.0800. The van der Waals surface area contributed by atoms with E-state index in [1.807, 2.05) is 0 Å². The van der Waals surface area contributed by atoms with Crippen LogP contribution in [0.15, 0.2) is 0 Å². The smallest absolute Gasteiger partial charge is 0.000983 e. The molecule has 2 unspecified atom stereocenters. The predicted molar refractivity (Wildman–Crippen MR) is 64.7 cm³/mol. The van der Waals surface area contributed by atoms with E-state index in [-0.39, 0.29) is 0 Å². The van der Waals surface area contributed by atoms with E-state index in [2.05, 4.69) is 11.9 Å². The molecular formula is C13H26N2. The van der Waals surface area contributed by atoms with Gasteiger partial charge in [0.25, 0.3) is 0 Å². The van der Waals surface area contributed by atoms with E-state index < -0.39 is 0 Å². The molecule has 0 aromatic heterocycles. The fourth-order valence-corrected chi connectivity index (χ4v) is 3.36. The van der Waals surface area contributed by atoms with Crippen LogP contribution in [0.1, 0.15) is 38.5 Å². The molecule has 15 heavy (non-hydrogen) atoms. The van der Waals surface area contributed by atoms with Gasteiger partial charge in [-0.3, -0.25) is 0 Å². The minimum Gasteiger partial charge on any atom is -0.330 e. The molecule has 1 heterocycles. The second-order valence-corrected chi connectivity index (χ2v) is 5.61. The first-order chi connectivity index (χ1) is 7.31. The van der Waals surface area contributed by atoms with Crippen molar-refractivity contribution < 1.29 is 0 Å². The van der Waals surface area contributed by atoms with Crippen LogP contribution in [-0.4, -0.2) is 31.6 Å². The molecule has 1 saturated heterocycles. The molecule has 2 N–H and O–H groups in total.